The van der Waals surface area contributed by atoms with Crippen molar-refractivity contribution in [3.63, 3.8) is 0 Å². The topological polar surface area (TPSA) is 69.0 Å². The van der Waals surface area contributed by atoms with Crippen LogP contribution in [0, 0.1) is 20.8 Å². The van der Waals surface area contributed by atoms with Gasteiger partial charge in [-0.1, -0.05) is 30.0 Å². The number of nitrogens with zero attached hydrogens (tertiary/aromatic N) is 3. The minimum atomic E-state index is -0.277. The number of benzene rings is 1. The minimum absolute atomic E-state index is 0.0308. The maximum absolute atomic E-state index is 12.7. The van der Waals surface area contributed by atoms with Gasteiger partial charge in [-0.15, -0.1) is 10.2 Å². The number of amides is 1. The first-order valence-electron chi connectivity index (χ1n) is 9.01. The average Bonchev–Trinajstić information content (AvgIpc) is 3.23. The van der Waals surface area contributed by atoms with E-state index >= 15 is 0 Å². The molecule has 1 fully saturated rings. The lowest BCUT2D eigenvalue weighted by atomic mass is 10.1. The third-order valence-electron chi connectivity index (χ3n) is 4.69. The highest BCUT2D eigenvalue weighted by Crippen LogP contribution is 2.26. The summed E-state index contributed by atoms with van der Waals surface area (Å²) in [5.41, 5.74) is 3.02. The van der Waals surface area contributed by atoms with Gasteiger partial charge in [0.2, 0.25) is 5.91 Å². The van der Waals surface area contributed by atoms with Gasteiger partial charge in [0, 0.05) is 12.3 Å². The van der Waals surface area contributed by atoms with Crippen LogP contribution in [0.2, 0.25) is 0 Å². The number of ether oxygens (including phenoxy) is 1. The first-order valence-corrected chi connectivity index (χ1v) is 9.89. The van der Waals surface area contributed by atoms with E-state index in [9.17, 15) is 4.79 Å². The Morgan fingerprint density at radius 2 is 2.08 bits per heavy atom. The Hall–Kier alpha value is -1.86. The van der Waals surface area contributed by atoms with Gasteiger partial charge >= 0.3 is 0 Å². The molecule has 3 rings (SSSR count). The van der Waals surface area contributed by atoms with Crippen molar-refractivity contribution in [2.24, 2.45) is 0 Å². The van der Waals surface area contributed by atoms with Crippen LogP contribution >= 0.6 is 11.8 Å². The largest absolute Gasteiger partial charge is 0.376 e. The number of thioether (sulfide) groups is 1. The molecular weight excluding hydrogens is 348 g/mol. The van der Waals surface area contributed by atoms with Gasteiger partial charge in [0.15, 0.2) is 5.16 Å². The number of aromatic nitrogens is 3. The molecule has 0 radical (unpaired) electrons. The van der Waals surface area contributed by atoms with Gasteiger partial charge in [-0.05, 0) is 51.7 Å². The van der Waals surface area contributed by atoms with Crippen LogP contribution in [0.25, 0.3) is 0 Å². The summed E-state index contributed by atoms with van der Waals surface area (Å²) in [6.07, 6.45) is 2.37. The van der Waals surface area contributed by atoms with Crippen molar-refractivity contribution >= 4 is 23.4 Å². The molecule has 7 heteroatoms. The van der Waals surface area contributed by atoms with Crippen LogP contribution in [0.3, 0.4) is 0 Å². The smallest absolute Gasteiger partial charge is 0.237 e. The molecule has 1 saturated heterocycles. The van der Waals surface area contributed by atoms with Crippen molar-refractivity contribution in [2.45, 2.75) is 63.6 Å². The monoisotopic (exact) mass is 374 g/mol. The van der Waals surface area contributed by atoms with E-state index in [-0.39, 0.29) is 17.3 Å². The Morgan fingerprint density at radius 1 is 1.35 bits per heavy atom. The van der Waals surface area contributed by atoms with Crippen molar-refractivity contribution in [1.82, 2.24) is 14.8 Å². The summed E-state index contributed by atoms with van der Waals surface area (Å²) in [4.78, 5) is 12.7. The molecule has 6 nitrogen and oxygen atoms in total. The summed E-state index contributed by atoms with van der Waals surface area (Å²) in [5, 5.41) is 12.0. The minimum Gasteiger partial charge on any atom is -0.376 e. The van der Waals surface area contributed by atoms with E-state index in [2.05, 4.69) is 20.1 Å². The van der Waals surface area contributed by atoms with Crippen LogP contribution < -0.4 is 5.32 Å². The Morgan fingerprint density at radius 3 is 2.73 bits per heavy atom. The van der Waals surface area contributed by atoms with Crippen molar-refractivity contribution in [3.05, 3.63) is 35.2 Å². The molecule has 2 atom stereocenters. The van der Waals surface area contributed by atoms with E-state index in [0.29, 0.717) is 0 Å². The molecule has 2 heterocycles. The molecule has 1 aromatic carbocycles. The van der Waals surface area contributed by atoms with E-state index in [0.717, 1.165) is 53.8 Å². The molecule has 26 heavy (non-hydrogen) atoms. The fourth-order valence-electron chi connectivity index (χ4n) is 3.10. The molecule has 140 valence electrons. The third-order valence-corrected chi connectivity index (χ3v) is 5.77. The van der Waals surface area contributed by atoms with Crippen LogP contribution in [0.1, 0.15) is 36.7 Å². The van der Waals surface area contributed by atoms with Crippen LogP contribution in [0.5, 0.6) is 0 Å². The van der Waals surface area contributed by atoms with E-state index < -0.39 is 0 Å². The molecule has 0 unspecified atom stereocenters. The molecule has 1 N–H and O–H groups in total. The summed E-state index contributed by atoms with van der Waals surface area (Å²) >= 11 is 1.44. The number of rotatable bonds is 6. The van der Waals surface area contributed by atoms with E-state index in [1.54, 1.807) is 0 Å². The van der Waals surface area contributed by atoms with Gasteiger partial charge in [0.1, 0.15) is 5.82 Å². The van der Waals surface area contributed by atoms with Crippen LogP contribution in [-0.2, 0) is 16.1 Å². The fourth-order valence-corrected chi connectivity index (χ4v) is 4.00. The highest BCUT2D eigenvalue weighted by molar-refractivity contribution is 8.00. The van der Waals surface area contributed by atoms with Gasteiger partial charge in [0.25, 0.3) is 0 Å². The predicted octanol–water partition coefficient (Wildman–Crippen LogP) is 3.50. The van der Waals surface area contributed by atoms with Gasteiger partial charge in [-0.3, -0.25) is 4.79 Å². The SMILES string of the molecule is Cc1cccc(C)c1NC(=O)[C@@H](C)Sc1nnc(C)n1C[C@@H]1CCCO1. The second-order valence-corrected chi connectivity index (χ2v) is 8.10. The van der Waals surface area contributed by atoms with E-state index in [1.165, 1.54) is 11.8 Å². The summed E-state index contributed by atoms with van der Waals surface area (Å²) in [6.45, 7) is 9.40. The molecule has 1 aromatic heterocycles. The van der Waals surface area contributed by atoms with Crippen molar-refractivity contribution in [1.29, 1.82) is 0 Å². The average molecular weight is 375 g/mol. The quantitative estimate of drug-likeness (QED) is 0.784. The Balaban J connectivity index is 1.67. The van der Waals surface area contributed by atoms with Gasteiger partial charge < -0.3 is 14.6 Å². The maximum Gasteiger partial charge on any atom is 0.237 e. The molecule has 1 aliphatic rings. The van der Waals surface area contributed by atoms with Gasteiger partial charge in [-0.2, -0.15) is 0 Å². The van der Waals surface area contributed by atoms with E-state index in [1.807, 2.05) is 45.9 Å². The highest BCUT2D eigenvalue weighted by Gasteiger charge is 2.23. The van der Waals surface area contributed by atoms with Crippen LogP contribution in [0.4, 0.5) is 5.69 Å². The molecule has 0 spiro atoms. The van der Waals surface area contributed by atoms with Crippen molar-refractivity contribution in [2.75, 3.05) is 11.9 Å². The lowest BCUT2D eigenvalue weighted by molar-refractivity contribution is -0.115. The number of carbonyl (C=O) groups excluding carboxylic acids is 1. The first-order chi connectivity index (χ1) is 12.5. The number of para-hydroxylation sites is 1. The van der Waals surface area contributed by atoms with Gasteiger partial charge in [0.05, 0.1) is 17.9 Å². The second kappa shape index (κ2) is 8.22. The zero-order valence-corrected chi connectivity index (χ0v) is 16.6. The van der Waals surface area contributed by atoms with Crippen molar-refractivity contribution < 1.29 is 9.53 Å². The third kappa shape index (κ3) is 4.27. The molecule has 1 aliphatic heterocycles. The highest BCUT2D eigenvalue weighted by atomic mass is 32.2. The van der Waals surface area contributed by atoms with Crippen LogP contribution in [-0.4, -0.2) is 38.6 Å². The molecule has 1 amide bonds. The molecule has 0 saturated carbocycles. The summed E-state index contributed by atoms with van der Waals surface area (Å²) in [5.74, 6) is 0.821. The van der Waals surface area contributed by atoms with Gasteiger partial charge in [-0.25, -0.2) is 0 Å². The lowest BCUT2D eigenvalue weighted by Crippen LogP contribution is -2.24. The number of anilines is 1. The van der Waals surface area contributed by atoms with Crippen LogP contribution in [0.15, 0.2) is 23.4 Å². The summed E-state index contributed by atoms with van der Waals surface area (Å²) in [6, 6.07) is 6.00. The zero-order chi connectivity index (χ0) is 18.7. The lowest BCUT2D eigenvalue weighted by Gasteiger charge is -2.17. The first kappa shape index (κ1) is 18.9. The standard InChI is InChI=1S/C19H26N4O2S/c1-12-7-5-8-13(2)17(12)20-18(24)14(3)26-19-22-21-15(4)23(19)11-16-9-6-10-25-16/h5,7-8,14,16H,6,9-11H2,1-4H3,(H,20,24)/t14-,16+/m1/s1. The number of aryl methyl sites for hydroxylation is 3. The molecule has 0 aliphatic carbocycles. The maximum atomic E-state index is 12.7. The summed E-state index contributed by atoms with van der Waals surface area (Å²) < 4.78 is 7.79. The summed E-state index contributed by atoms with van der Waals surface area (Å²) in [7, 11) is 0. The normalized spacial score (nSPS) is 18.1. The molecule has 0 bridgehead atoms. The Labute approximate surface area is 158 Å². The Kier molecular flexibility index (Phi) is 5.98. The van der Waals surface area contributed by atoms with Crippen molar-refractivity contribution in [3.8, 4) is 0 Å². The number of hydrogen-bond acceptors (Lipinski definition) is 5. The fraction of sp³-hybridized carbons (Fsp3) is 0.526. The number of nitrogens with one attached hydrogen (secondary N) is 1. The number of hydrogen-bond donors (Lipinski definition) is 1. The second-order valence-electron chi connectivity index (χ2n) is 6.79. The Bertz CT molecular complexity index is 764. The molecular formula is C19H26N4O2S. The predicted molar refractivity (Wildman–Crippen MR) is 104 cm³/mol. The molecule has 2 aromatic rings. The number of carbonyl (C=O) groups is 1. The van der Waals surface area contributed by atoms with E-state index in [4.69, 9.17) is 4.74 Å². The zero-order valence-electron chi connectivity index (χ0n) is 15.8.